The van der Waals surface area contributed by atoms with Gasteiger partial charge >= 0.3 is 0 Å². The number of hydrogen-bond acceptors (Lipinski definition) is 2. The summed E-state index contributed by atoms with van der Waals surface area (Å²) in [6.45, 7) is 3.76. The molecular weight excluding hydrogens is 247 g/mol. The van der Waals surface area contributed by atoms with E-state index >= 15 is 0 Å². The fourth-order valence-corrected chi connectivity index (χ4v) is 2.82. The molecule has 0 spiro atoms. The molecule has 98 valence electrons. The van der Waals surface area contributed by atoms with Crippen LogP contribution in [0.1, 0.15) is 30.4 Å². The summed E-state index contributed by atoms with van der Waals surface area (Å²) in [5, 5.41) is 0. The zero-order valence-electron chi connectivity index (χ0n) is 10.7. The maximum atomic E-state index is 13.1. The minimum absolute atomic E-state index is 0.180. The van der Waals surface area contributed by atoms with E-state index in [1.165, 1.54) is 18.9 Å². The average Bonchev–Trinajstić information content (AvgIpc) is 2.33. The van der Waals surface area contributed by atoms with Crippen LogP contribution >= 0.6 is 12.2 Å². The van der Waals surface area contributed by atoms with Gasteiger partial charge in [0.1, 0.15) is 5.82 Å². The lowest BCUT2D eigenvalue weighted by Crippen LogP contribution is -2.46. The molecule has 18 heavy (non-hydrogen) atoms. The summed E-state index contributed by atoms with van der Waals surface area (Å²) in [5.74, 6) is -0.180. The highest BCUT2D eigenvalue weighted by atomic mass is 32.1. The average molecular weight is 266 g/mol. The molecule has 0 bridgehead atoms. The summed E-state index contributed by atoms with van der Waals surface area (Å²) in [4.78, 5) is 2.89. The Hall–Kier alpha value is -1.00. The first kappa shape index (κ1) is 13.4. The van der Waals surface area contributed by atoms with Crippen molar-refractivity contribution in [2.24, 2.45) is 5.73 Å². The van der Waals surface area contributed by atoms with Crippen LogP contribution in [-0.2, 0) is 6.54 Å². The Kier molecular flexibility index (Phi) is 4.30. The Morgan fingerprint density at radius 1 is 1.50 bits per heavy atom. The molecule has 1 atom stereocenters. The maximum absolute atomic E-state index is 13.1. The van der Waals surface area contributed by atoms with Gasteiger partial charge in [-0.05, 0) is 49.6 Å². The number of benzene rings is 1. The van der Waals surface area contributed by atoms with Gasteiger partial charge in [-0.15, -0.1) is 0 Å². The van der Waals surface area contributed by atoms with Gasteiger partial charge < -0.3 is 5.73 Å². The van der Waals surface area contributed by atoms with Gasteiger partial charge in [0.25, 0.3) is 0 Å². The standard InChI is InChI=1S/C14H19FN2S/c1-10-8-12(15)6-5-11(10)9-17-7-3-2-4-13(17)14(16)18/h5-6,8,13H,2-4,7,9H2,1H3,(H2,16,18). The molecule has 1 aliphatic rings. The lowest BCUT2D eigenvalue weighted by atomic mass is 10.00. The number of hydrogen-bond donors (Lipinski definition) is 1. The number of rotatable bonds is 3. The van der Waals surface area contributed by atoms with Gasteiger partial charge in [-0.2, -0.15) is 0 Å². The number of halogens is 1. The minimum atomic E-state index is -0.180. The van der Waals surface area contributed by atoms with Crippen molar-refractivity contribution >= 4 is 17.2 Å². The van der Waals surface area contributed by atoms with E-state index in [2.05, 4.69) is 4.90 Å². The van der Waals surface area contributed by atoms with Gasteiger partial charge in [0, 0.05) is 6.54 Å². The van der Waals surface area contributed by atoms with E-state index in [1.54, 1.807) is 6.07 Å². The zero-order valence-corrected chi connectivity index (χ0v) is 11.5. The summed E-state index contributed by atoms with van der Waals surface area (Å²) >= 11 is 5.14. The molecule has 0 radical (unpaired) electrons. The van der Waals surface area contributed by atoms with Crippen LogP contribution in [0, 0.1) is 12.7 Å². The summed E-state index contributed by atoms with van der Waals surface area (Å²) in [7, 11) is 0. The van der Waals surface area contributed by atoms with Crippen LogP contribution in [0.15, 0.2) is 18.2 Å². The van der Waals surface area contributed by atoms with Crippen molar-refractivity contribution in [1.82, 2.24) is 4.90 Å². The highest BCUT2D eigenvalue weighted by molar-refractivity contribution is 7.80. The van der Waals surface area contributed by atoms with Crippen LogP contribution < -0.4 is 5.73 Å². The third-order valence-corrected chi connectivity index (χ3v) is 3.89. The van der Waals surface area contributed by atoms with Gasteiger partial charge in [0.05, 0.1) is 11.0 Å². The Morgan fingerprint density at radius 2 is 2.28 bits per heavy atom. The van der Waals surface area contributed by atoms with Crippen molar-refractivity contribution in [3.8, 4) is 0 Å². The van der Waals surface area contributed by atoms with Crippen molar-refractivity contribution in [2.45, 2.75) is 38.8 Å². The van der Waals surface area contributed by atoms with E-state index in [0.717, 1.165) is 30.6 Å². The van der Waals surface area contributed by atoms with Crippen molar-refractivity contribution in [2.75, 3.05) is 6.54 Å². The van der Waals surface area contributed by atoms with Gasteiger partial charge in [0.15, 0.2) is 0 Å². The van der Waals surface area contributed by atoms with Gasteiger partial charge in [-0.3, -0.25) is 4.90 Å². The molecule has 0 aliphatic carbocycles. The zero-order chi connectivity index (χ0) is 13.1. The smallest absolute Gasteiger partial charge is 0.123 e. The second kappa shape index (κ2) is 5.76. The fourth-order valence-electron chi connectivity index (χ4n) is 2.56. The second-order valence-electron chi connectivity index (χ2n) is 4.96. The van der Waals surface area contributed by atoms with Gasteiger partial charge in [-0.1, -0.05) is 24.7 Å². The first-order valence-corrected chi connectivity index (χ1v) is 6.77. The van der Waals surface area contributed by atoms with E-state index in [0.29, 0.717) is 4.99 Å². The SMILES string of the molecule is Cc1cc(F)ccc1CN1CCCCC1C(N)=S. The number of thiocarbonyl (C=S) groups is 1. The van der Waals surface area contributed by atoms with Crippen LogP contribution in [-0.4, -0.2) is 22.5 Å². The molecule has 1 heterocycles. The van der Waals surface area contributed by atoms with Crippen LogP contribution in [0.25, 0.3) is 0 Å². The molecule has 2 rings (SSSR count). The van der Waals surface area contributed by atoms with E-state index < -0.39 is 0 Å². The highest BCUT2D eigenvalue weighted by Crippen LogP contribution is 2.21. The quantitative estimate of drug-likeness (QED) is 0.853. The Morgan fingerprint density at radius 3 is 2.94 bits per heavy atom. The molecule has 1 saturated heterocycles. The molecule has 0 amide bonds. The number of nitrogens with zero attached hydrogens (tertiary/aromatic N) is 1. The molecule has 1 aromatic rings. The topological polar surface area (TPSA) is 29.3 Å². The molecule has 2 nitrogen and oxygen atoms in total. The fraction of sp³-hybridized carbons (Fsp3) is 0.500. The van der Waals surface area contributed by atoms with Gasteiger partial charge in [-0.25, -0.2) is 4.39 Å². The van der Waals surface area contributed by atoms with E-state index in [1.807, 2.05) is 13.0 Å². The van der Waals surface area contributed by atoms with E-state index in [-0.39, 0.29) is 11.9 Å². The van der Waals surface area contributed by atoms with Crippen molar-refractivity contribution in [1.29, 1.82) is 0 Å². The minimum Gasteiger partial charge on any atom is -0.392 e. The lowest BCUT2D eigenvalue weighted by Gasteiger charge is -2.35. The van der Waals surface area contributed by atoms with E-state index in [4.69, 9.17) is 18.0 Å². The third kappa shape index (κ3) is 3.06. The predicted molar refractivity (Wildman–Crippen MR) is 76.0 cm³/mol. The van der Waals surface area contributed by atoms with Crippen molar-refractivity contribution < 1.29 is 4.39 Å². The maximum Gasteiger partial charge on any atom is 0.123 e. The van der Waals surface area contributed by atoms with Crippen LogP contribution in [0.4, 0.5) is 4.39 Å². The summed E-state index contributed by atoms with van der Waals surface area (Å²) in [6, 6.07) is 5.14. The molecule has 0 aromatic heterocycles. The number of likely N-dealkylation sites (tertiary alicyclic amines) is 1. The first-order chi connectivity index (χ1) is 8.58. The Balaban J connectivity index is 2.13. The first-order valence-electron chi connectivity index (χ1n) is 6.36. The molecule has 1 unspecified atom stereocenters. The molecule has 2 N–H and O–H groups in total. The monoisotopic (exact) mass is 266 g/mol. The summed E-state index contributed by atoms with van der Waals surface area (Å²) in [6.07, 6.45) is 3.40. The largest absolute Gasteiger partial charge is 0.392 e. The third-order valence-electron chi connectivity index (χ3n) is 3.62. The molecular formula is C14H19FN2S. The normalized spacial score (nSPS) is 20.9. The van der Waals surface area contributed by atoms with Crippen molar-refractivity contribution in [3.05, 3.63) is 35.1 Å². The molecule has 0 saturated carbocycles. The highest BCUT2D eigenvalue weighted by Gasteiger charge is 2.24. The number of piperidine rings is 1. The Labute approximate surface area is 113 Å². The summed E-state index contributed by atoms with van der Waals surface area (Å²) < 4.78 is 13.1. The summed E-state index contributed by atoms with van der Waals surface area (Å²) in [5.41, 5.74) is 7.94. The second-order valence-corrected chi connectivity index (χ2v) is 5.43. The number of aryl methyl sites for hydroxylation is 1. The van der Waals surface area contributed by atoms with Crippen LogP contribution in [0.2, 0.25) is 0 Å². The molecule has 1 aromatic carbocycles. The lowest BCUT2D eigenvalue weighted by molar-refractivity contribution is 0.184. The van der Waals surface area contributed by atoms with Crippen molar-refractivity contribution in [3.63, 3.8) is 0 Å². The molecule has 1 aliphatic heterocycles. The molecule has 1 fully saturated rings. The van der Waals surface area contributed by atoms with E-state index in [9.17, 15) is 4.39 Å². The number of nitrogens with two attached hydrogens (primary N) is 1. The van der Waals surface area contributed by atoms with Crippen LogP contribution in [0.3, 0.4) is 0 Å². The predicted octanol–water partition coefficient (Wildman–Crippen LogP) is 2.77. The molecule has 4 heteroatoms. The Bertz CT molecular complexity index is 447. The van der Waals surface area contributed by atoms with Crippen LogP contribution in [0.5, 0.6) is 0 Å². The van der Waals surface area contributed by atoms with Gasteiger partial charge in [0.2, 0.25) is 0 Å².